The Morgan fingerprint density at radius 3 is 2.56 bits per heavy atom. The van der Waals surface area contributed by atoms with Gasteiger partial charge in [0.15, 0.2) is 0 Å². The number of hydrogen-bond acceptors (Lipinski definition) is 4. The summed E-state index contributed by atoms with van der Waals surface area (Å²) in [6.07, 6.45) is 4.35. The molecule has 5 heteroatoms. The summed E-state index contributed by atoms with van der Waals surface area (Å²) in [6.45, 7) is 6.71. The molecule has 96 valence electrons. The van der Waals surface area contributed by atoms with Crippen LogP contribution >= 0.6 is 0 Å². The van der Waals surface area contributed by atoms with Gasteiger partial charge in [-0.1, -0.05) is 0 Å². The predicted molar refractivity (Wildman–Crippen MR) is 70.2 cm³/mol. The maximum atomic E-state index is 5.86. The highest BCUT2D eigenvalue weighted by Gasteiger charge is 2.13. The van der Waals surface area contributed by atoms with Gasteiger partial charge < -0.3 is 5.73 Å². The van der Waals surface area contributed by atoms with Gasteiger partial charge in [0.2, 0.25) is 0 Å². The maximum absolute atomic E-state index is 5.86. The number of hydrogen-bond donors (Lipinski definition) is 1. The first-order valence-corrected chi connectivity index (χ1v) is 6.12. The molecular weight excluding hydrogens is 226 g/mol. The Balaban J connectivity index is 2.25. The van der Waals surface area contributed by atoms with E-state index in [2.05, 4.69) is 22.0 Å². The Labute approximate surface area is 107 Å². The second-order valence-electron chi connectivity index (χ2n) is 4.65. The summed E-state index contributed by atoms with van der Waals surface area (Å²) in [6, 6.07) is 1.96. The van der Waals surface area contributed by atoms with Crippen LogP contribution in [0.25, 0.3) is 0 Å². The topological polar surface area (TPSA) is 69.6 Å². The molecule has 0 amide bonds. The van der Waals surface area contributed by atoms with Gasteiger partial charge in [0.1, 0.15) is 12.4 Å². The minimum absolute atomic E-state index is 0.146. The molecule has 0 spiro atoms. The summed E-state index contributed by atoms with van der Waals surface area (Å²) in [4.78, 5) is 8.44. The first kappa shape index (κ1) is 12.7. The molecule has 0 fully saturated rings. The van der Waals surface area contributed by atoms with E-state index >= 15 is 0 Å². The molecule has 18 heavy (non-hydrogen) atoms. The standard InChI is InChI=1S/C13H19N5/c1-9(14)7-12-10(2)17-18(11(12)3)8-13-15-5-4-6-16-13/h4-6,9H,7-8,14H2,1-3H3. The van der Waals surface area contributed by atoms with E-state index in [4.69, 9.17) is 5.73 Å². The van der Waals surface area contributed by atoms with Crippen LogP contribution in [-0.2, 0) is 13.0 Å². The van der Waals surface area contributed by atoms with Crippen LogP contribution in [-0.4, -0.2) is 25.8 Å². The average molecular weight is 245 g/mol. The van der Waals surface area contributed by atoms with Crippen molar-refractivity contribution in [1.29, 1.82) is 0 Å². The van der Waals surface area contributed by atoms with Gasteiger partial charge in [-0.05, 0) is 38.8 Å². The van der Waals surface area contributed by atoms with E-state index in [9.17, 15) is 0 Å². The summed E-state index contributed by atoms with van der Waals surface area (Å²) in [5, 5.41) is 4.54. The Kier molecular flexibility index (Phi) is 3.72. The fourth-order valence-electron chi connectivity index (χ4n) is 2.05. The van der Waals surface area contributed by atoms with Crippen molar-refractivity contribution in [1.82, 2.24) is 19.7 Å². The minimum atomic E-state index is 0.146. The molecule has 2 aromatic rings. The second-order valence-corrected chi connectivity index (χ2v) is 4.65. The summed E-state index contributed by atoms with van der Waals surface area (Å²) < 4.78 is 1.95. The molecule has 2 N–H and O–H groups in total. The second kappa shape index (κ2) is 5.27. The predicted octanol–water partition coefficient (Wildman–Crippen LogP) is 1.23. The van der Waals surface area contributed by atoms with Crippen molar-refractivity contribution in [3.05, 3.63) is 41.2 Å². The van der Waals surface area contributed by atoms with Crippen molar-refractivity contribution in [2.24, 2.45) is 5.73 Å². The molecule has 0 aliphatic carbocycles. The van der Waals surface area contributed by atoms with E-state index in [1.165, 1.54) is 5.56 Å². The molecule has 1 unspecified atom stereocenters. The normalized spacial score (nSPS) is 12.7. The van der Waals surface area contributed by atoms with Gasteiger partial charge in [-0.25, -0.2) is 9.97 Å². The molecular formula is C13H19N5. The third-order valence-corrected chi connectivity index (χ3v) is 2.97. The van der Waals surface area contributed by atoms with Gasteiger partial charge in [0, 0.05) is 24.1 Å². The van der Waals surface area contributed by atoms with Gasteiger partial charge in [0.25, 0.3) is 0 Å². The Morgan fingerprint density at radius 1 is 1.28 bits per heavy atom. The van der Waals surface area contributed by atoms with Crippen molar-refractivity contribution >= 4 is 0 Å². The lowest BCUT2D eigenvalue weighted by Gasteiger charge is -2.06. The SMILES string of the molecule is Cc1nn(Cc2ncccn2)c(C)c1CC(C)N. The van der Waals surface area contributed by atoms with Crippen LogP contribution in [0.3, 0.4) is 0 Å². The summed E-state index contributed by atoms with van der Waals surface area (Å²) >= 11 is 0. The number of aromatic nitrogens is 4. The van der Waals surface area contributed by atoms with Crippen molar-refractivity contribution in [3.63, 3.8) is 0 Å². The zero-order valence-electron chi connectivity index (χ0n) is 11.1. The van der Waals surface area contributed by atoms with Gasteiger partial charge in [-0.3, -0.25) is 4.68 Å². The van der Waals surface area contributed by atoms with Crippen molar-refractivity contribution in [2.45, 2.75) is 39.8 Å². The van der Waals surface area contributed by atoms with Crippen LogP contribution in [0.4, 0.5) is 0 Å². The van der Waals surface area contributed by atoms with Gasteiger partial charge >= 0.3 is 0 Å². The number of rotatable bonds is 4. The number of nitrogens with zero attached hydrogens (tertiary/aromatic N) is 4. The molecule has 2 rings (SSSR count). The molecule has 0 aromatic carbocycles. The Morgan fingerprint density at radius 2 is 1.94 bits per heavy atom. The Hall–Kier alpha value is -1.75. The van der Waals surface area contributed by atoms with E-state index in [0.29, 0.717) is 6.54 Å². The van der Waals surface area contributed by atoms with Crippen LogP contribution in [0, 0.1) is 13.8 Å². The highest BCUT2D eigenvalue weighted by atomic mass is 15.3. The first-order chi connectivity index (χ1) is 8.58. The Bertz CT molecular complexity index is 516. The summed E-state index contributed by atoms with van der Waals surface area (Å²) in [5.74, 6) is 0.774. The zero-order chi connectivity index (χ0) is 13.1. The van der Waals surface area contributed by atoms with Crippen molar-refractivity contribution in [3.8, 4) is 0 Å². The molecule has 2 aromatic heterocycles. The van der Waals surface area contributed by atoms with Crippen LogP contribution < -0.4 is 5.73 Å². The summed E-state index contributed by atoms with van der Waals surface area (Å²) in [7, 11) is 0. The number of nitrogens with two attached hydrogens (primary N) is 1. The highest BCUT2D eigenvalue weighted by Crippen LogP contribution is 2.15. The molecule has 0 saturated heterocycles. The van der Waals surface area contributed by atoms with E-state index < -0.39 is 0 Å². The van der Waals surface area contributed by atoms with Crippen molar-refractivity contribution in [2.75, 3.05) is 0 Å². The number of aryl methyl sites for hydroxylation is 1. The van der Waals surface area contributed by atoms with Crippen molar-refractivity contribution < 1.29 is 0 Å². The quantitative estimate of drug-likeness (QED) is 0.879. The molecule has 0 aliphatic heterocycles. The lowest BCUT2D eigenvalue weighted by atomic mass is 10.1. The van der Waals surface area contributed by atoms with Crippen LogP contribution in [0.15, 0.2) is 18.5 Å². The van der Waals surface area contributed by atoms with Crippen LogP contribution in [0.5, 0.6) is 0 Å². The van der Waals surface area contributed by atoms with Gasteiger partial charge in [0.05, 0.1) is 5.69 Å². The largest absolute Gasteiger partial charge is 0.328 e. The lowest BCUT2D eigenvalue weighted by molar-refractivity contribution is 0.629. The van der Waals surface area contributed by atoms with Crippen LogP contribution in [0.1, 0.15) is 29.7 Å². The van der Waals surface area contributed by atoms with Crippen LogP contribution in [0.2, 0.25) is 0 Å². The third kappa shape index (κ3) is 2.73. The van der Waals surface area contributed by atoms with E-state index in [-0.39, 0.29) is 6.04 Å². The molecule has 0 aliphatic rings. The smallest absolute Gasteiger partial charge is 0.149 e. The summed E-state index contributed by atoms with van der Waals surface area (Å²) in [5.41, 5.74) is 9.29. The van der Waals surface area contributed by atoms with E-state index in [1.54, 1.807) is 12.4 Å². The zero-order valence-corrected chi connectivity index (χ0v) is 11.1. The molecule has 1 atom stereocenters. The van der Waals surface area contributed by atoms with Gasteiger partial charge in [-0.15, -0.1) is 0 Å². The fourth-order valence-corrected chi connectivity index (χ4v) is 2.05. The monoisotopic (exact) mass is 245 g/mol. The maximum Gasteiger partial charge on any atom is 0.149 e. The molecule has 0 saturated carbocycles. The lowest BCUT2D eigenvalue weighted by Crippen LogP contribution is -2.18. The first-order valence-electron chi connectivity index (χ1n) is 6.12. The molecule has 0 radical (unpaired) electrons. The fraction of sp³-hybridized carbons (Fsp3) is 0.462. The average Bonchev–Trinajstić information content (AvgIpc) is 2.58. The minimum Gasteiger partial charge on any atom is -0.328 e. The molecule has 5 nitrogen and oxygen atoms in total. The van der Waals surface area contributed by atoms with Gasteiger partial charge in [-0.2, -0.15) is 5.10 Å². The molecule has 2 heterocycles. The van der Waals surface area contributed by atoms with E-state index in [0.717, 1.165) is 23.6 Å². The van der Waals surface area contributed by atoms with E-state index in [1.807, 2.05) is 24.6 Å². The highest BCUT2D eigenvalue weighted by molar-refractivity contribution is 5.25. The molecule has 0 bridgehead atoms. The third-order valence-electron chi connectivity index (χ3n) is 2.97.